The van der Waals surface area contributed by atoms with Crippen LogP contribution in [0, 0.1) is 17.3 Å². The summed E-state index contributed by atoms with van der Waals surface area (Å²) in [6.45, 7) is 8.77. The van der Waals surface area contributed by atoms with Gasteiger partial charge in [0.05, 0.1) is 5.60 Å². The fourth-order valence-corrected chi connectivity index (χ4v) is 3.80. The van der Waals surface area contributed by atoms with Gasteiger partial charge in [-0.2, -0.15) is 0 Å². The topological polar surface area (TPSA) is 20.2 Å². The quantitative estimate of drug-likeness (QED) is 0.715. The van der Waals surface area contributed by atoms with Gasteiger partial charge in [0, 0.05) is 0 Å². The van der Waals surface area contributed by atoms with E-state index in [1.54, 1.807) is 0 Å². The highest BCUT2D eigenvalue weighted by Gasteiger charge is 2.67. The number of aliphatic hydroxyl groups is 1. The summed E-state index contributed by atoms with van der Waals surface area (Å²) < 4.78 is 0. The molecule has 1 nitrogen and oxygen atoms in total. The molecule has 1 heteroatoms. The highest BCUT2D eigenvalue weighted by Crippen LogP contribution is 2.71. The van der Waals surface area contributed by atoms with Crippen LogP contribution in [0.25, 0.3) is 0 Å². The predicted molar refractivity (Wildman–Crippen MR) is 68.2 cm³/mol. The molecule has 2 unspecified atom stereocenters. The largest absolute Gasteiger partial charge is 0.390 e. The minimum Gasteiger partial charge on any atom is -0.390 e. The summed E-state index contributed by atoms with van der Waals surface area (Å²) in [5.41, 5.74) is 1.58. The molecule has 2 rings (SSSR count). The molecule has 2 aliphatic carbocycles. The van der Waals surface area contributed by atoms with Crippen molar-refractivity contribution < 1.29 is 5.11 Å². The lowest BCUT2D eigenvalue weighted by atomic mass is 9.84. The molecule has 92 valence electrons. The van der Waals surface area contributed by atoms with Crippen LogP contribution in [0.5, 0.6) is 0 Å². The van der Waals surface area contributed by atoms with E-state index in [1.807, 2.05) is 6.92 Å². The first kappa shape index (κ1) is 12.2. The molecular weight excluding hydrogens is 196 g/mol. The van der Waals surface area contributed by atoms with E-state index in [1.165, 1.54) is 31.3 Å². The number of rotatable bonds is 4. The average Bonchev–Trinajstić information content (AvgIpc) is 2.85. The monoisotopic (exact) mass is 222 g/mol. The fraction of sp³-hybridized carbons (Fsp3) is 0.867. The molecule has 0 aromatic rings. The lowest BCUT2D eigenvalue weighted by Gasteiger charge is -2.21. The maximum Gasteiger partial charge on any atom is 0.0653 e. The highest BCUT2D eigenvalue weighted by atomic mass is 16.3. The standard InChI is InChI=1S/C15H26O/c1-11(2)6-5-7-12(3)15-9-8-14(4,16)13(15)10-15/h6,12-13,16H,5,7-10H2,1-4H3/t12?,13?,14-,15-/m0/s1. The maximum atomic E-state index is 10.2. The average molecular weight is 222 g/mol. The molecule has 0 bridgehead atoms. The van der Waals surface area contributed by atoms with Crippen molar-refractivity contribution in [3.05, 3.63) is 11.6 Å². The summed E-state index contributed by atoms with van der Waals surface area (Å²) >= 11 is 0. The van der Waals surface area contributed by atoms with Crippen LogP contribution in [-0.2, 0) is 0 Å². The normalized spacial score (nSPS) is 42.7. The molecule has 0 aromatic carbocycles. The van der Waals surface area contributed by atoms with Crippen molar-refractivity contribution in [1.29, 1.82) is 0 Å². The third-order valence-electron chi connectivity index (χ3n) is 5.10. The Morgan fingerprint density at radius 2 is 2.12 bits per heavy atom. The van der Waals surface area contributed by atoms with E-state index in [4.69, 9.17) is 0 Å². The third kappa shape index (κ3) is 1.95. The van der Waals surface area contributed by atoms with Gasteiger partial charge in [-0.3, -0.25) is 0 Å². The van der Waals surface area contributed by atoms with Crippen molar-refractivity contribution in [2.24, 2.45) is 17.3 Å². The zero-order valence-electron chi connectivity index (χ0n) is 11.2. The van der Waals surface area contributed by atoms with Crippen LogP contribution in [0.4, 0.5) is 0 Å². The number of hydrogen-bond donors (Lipinski definition) is 1. The maximum absolute atomic E-state index is 10.2. The van der Waals surface area contributed by atoms with Crippen molar-refractivity contribution in [2.75, 3.05) is 0 Å². The molecule has 0 saturated heterocycles. The lowest BCUT2D eigenvalue weighted by Crippen LogP contribution is -2.23. The van der Waals surface area contributed by atoms with E-state index in [0.29, 0.717) is 11.3 Å². The van der Waals surface area contributed by atoms with Gasteiger partial charge in [-0.1, -0.05) is 18.6 Å². The first-order valence-corrected chi connectivity index (χ1v) is 6.74. The Bertz CT molecular complexity index is 299. The van der Waals surface area contributed by atoms with E-state index >= 15 is 0 Å². The fourth-order valence-electron chi connectivity index (χ4n) is 3.80. The van der Waals surface area contributed by atoms with Crippen molar-refractivity contribution in [3.8, 4) is 0 Å². The lowest BCUT2D eigenvalue weighted by molar-refractivity contribution is 0.0423. The summed E-state index contributed by atoms with van der Waals surface area (Å²) in [7, 11) is 0. The van der Waals surface area contributed by atoms with Crippen LogP contribution in [0.15, 0.2) is 11.6 Å². The first-order chi connectivity index (χ1) is 7.38. The van der Waals surface area contributed by atoms with E-state index in [2.05, 4.69) is 26.8 Å². The van der Waals surface area contributed by atoms with Crippen molar-refractivity contribution in [3.63, 3.8) is 0 Å². The van der Waals surface area contributed by atoms with Gasteiger partial charge in [0.15, 0.2) is 0 Å². The minimum absolute atomic E-state index is 0.356. The van der Waals surface area contributed by atoms with Crippen LogP contribution >= 0.6 is 0 Å². The molecule has 2 aliphatic rings. The van der Waals surface area contributed by atoms with Crippen LogP contribution in [0.3, 0.4) is 0 Å². The van der Waals surface area contributed by atoms with Gasteiger partial charge in [-0.05, 0) is 70.1 Å². The smallest absolute Gasteiger partial charge is 0.0653 e. The Morgan fingerprint density at radius 3 is 2.56 bits per heavy atom. The SMILES string of the molecule is CC(C)=CCCC(C)[C@@]12CC[C@](C)(O)C1C2. The molecule has 0 aromatic heterocycles. The molecule has 1 N–H and O–H groups in total. The van der Waals surface area contributed by atoms with E-state index in [-0.39, 0.29) is 5.60 Å². The Balaban J connectivity index is 1.88. The van der Waals surface area contributed by atoms with Gasteiger partial charge in [0.2, 0.25) is 0 Å². The van der Waals surface area contributed by atoms with E-state index in [9.17, 15) is 5.11 Å². The highest BCUT2D eigenvalue weighted by molar-refractivity contribution is 5.17. The zero-order chi connectivity index (χ0) is 12.0. The number of allylic oxidation sites excluding steroid dienone is 2. The minimum atomic E-state index is -0.356. The molecule has 0 radical (unpaired) electrons. The predicted octanol–water partition coefficient (Wildman–Crippen LogP) is 3.92. The van der Waals surface area contributed by atoms with Gasteiger partial charge in [0.1, 0.15) is 0 Å². The Morgan fingerprint density at radius 1 is 1.44 bits per heavy atom. The molecule has 16 heavy (non-hydrogen) atoms. The van der Waals surface area contributed by atoms with Crippen LogP contribution in [0.1, 0.15) is 59.8 Å². The Labute approximate surface area is 99.9 Å². The van der Waals surface area contributed by atoms with E-state index in [0.717, 1.165) is 12.3 Å². The molecular formula is C15H26O. The molecule has 4 atom stereocenters. The summed E-state index contributed by atoms with van der Waals surface area (Å²) in [6, 6.07) is 0. The van der Waals surface area contributed by atoms with Crippen LogP contribution in [-0.4, -0.2) is 10.7 Å². The Kier molecular flexibility index (Phi) is 2.94. The summed E-state index contributed by atoms with van der Waals surface area (Å²) in [4.78, 5) is 0. The van der Waals surface area contributed by atoms with E-state index < -0.39 is 0 Å². The van der Waals surface area contributed by atoms with Gasteiger partial charge in [-0.25, -0.2) is 0 Å². The van der Waals surface area contributed by atoms with Crippen molar-refractivity contribution >= 4 is 0 Å². The number of hydrogen-bond acceptors (Lipinski definition) is 1. The second-order valence-corrected chi connectivity index (χ2v) is 6.61. The zero-order valence-corrected chi connectivity index (χ0v) is 11.2. The third-order valence-corrected chi connectivity index (χ3v) is 5.10. The molecule has 0 spiro atoms. The summed E-state index contributed by atoms with van der Waals surface area (Å²) in [5.74, 6) is 1.38. The first-order valence-electron chi connectivity index (χ1n) is 6.74. The van der Waals surface area contributed by atoms with Crippen molar-refractivity contribution in [1.82, 2.24) is 0 Å². The van der Waals surface area contributed by atoms with Crippen LogP contribution < -0.4 is 0 Å². The summed E-state index contributed by atoms with van der Waals surface area (Å²) in [5, 5.41) is 10.2. The molecule has 0 heterocycles. The summed E-state index contributed by atoms with van der Waals surface area (Å²) in [6.07, 6.45) is 8.39. The second-order valence-electron chi connectivity index (χ2n) is 6.61. The van der Waals surface area contributed by atoms with Gasteiger partial charge < -0.3 is 5.11 Å². The molecule has 0 aliphatic heterocycles. The van der Waals surface area contributed by atoms with Gasteiger partial charge in [0.25, 0.3) is 0 Å². The molecule has 2 fully saturated rings. The second kappa shape index (κ2) is 3.87. The Hall–Kier alpha value is -0.300. The van der Waals surface area contributed by atoms with Gasteiger partial charge in [-0.15, -0.1) is 0 Å². The number of fused-ring (bicyclic) bond motifs is 1. The molecule has 0 amide bonds. The molecule has 2 saturated carbocycles. The van der Waals surface area contributed by atoms with Crippen LogP contribution in [0.2, 0.25) is 0 Å². The van der Waals surface area contributed by atoms with Gasteiger partial charge >= 0.3 is 0 Å². The van der Waals surface area contributed by atoms with Crippen molar-refractivity contribution in [2.45, 2.75) is 65.4 Å².